The minimum atomic E-state index is -4.77. The third kappa shape index (κ3) is 7.26. The van der Waals surface area contributed by atoms with E-state index in [1.165, 1.54) is 59.0 Å². The van der Waals surface area contributed by atoms with Crippen LogP contribution >= 0.6 is 11.8 Å². The van der Waals surface area contributed by atoms with E-state index in [9.17, 15) is 22.8 Å². The lowest BCUT2D eigenvalue weighted by molar-refractivity contribution is -0.274. The van der Waals surface area contributed by atoms with Crippen molar-refractivity contribution in [2.45, 2.75) is 25.7 Å². The highest BCUT2D eigenvalue weighted by Gasteiger charge is 2.32. The molecule has 3 amide bonds. The van der Waals surface area contributed by atoms with Crippen LogP contribution in [0.2, 0.25) is 0 Å². The van der Waals surface area contributed by atoms with Gasteiger partial charge in [0.1, 0.15) is 12.1 Å². The van der Waals surface area contributed by atoms with Crippen LogP contribution in [-0.2, 0) is 16.0 Å². The van der Waals surface area contributed by atoms with Crippen LogP contribution < -0.4 is 15.0 Å². The fourth-order valence-electron chi connectivity index (χ4n) is 4.55. The van der Waals surface area contributed by atoms with Crippen molar-refractivity contribution in [1.82, 2.24) is 20.1 Å². The maximum absolute atomic E-state index is 13.0. The molecule has 1 fully saturated rings. The second-order valence-corrected chi connectivity index (χ2v) is 10.5. The van der Waals surface area contributed by atoms with E-state index in [-0.39, 0.29) is 24.0 Å². The Morgan fingerprint density at radius 2 is 1.82 bits per heavy atom. The molecule has 4 aromatic rings. The Labute approximate surface area is 254 Å². The molecule has 1 atom stereocenters. The third-order valence-corrected chi connectivity index (χ3v) is 7.53. The summed E-state index contributed by atoms with van der Waals surface area (Å²) in [4.78, 5) is 35.7. The maximum atomic E-state index is 13.0. The molecule has 1 N–H and O–H groups in total. The van der Waals surface area contributed by atoms with E-state index in [0.717, 1.165) is 17.5 Å². The normalized spacial score (nSPS) is 15.1. The van der Waals surface area contributed by atoms with Crippen molar-refractivity contribution in [3.05, 3.63) is 90.3 Å². The third-order valence-electron chi connectivity index (χ3n) is 6.61. The van der Waals surface area contributed by atoms with Gasteiger partial charge in [-0.2, -0.15) is 4.99 Å². The lowest BCUT2D eigenvalue weighted by atomic mass is 10.1. The number of nitrogens with zero attached hydrogens (tertiary/aromatic N) is 5. The first-order valence-corrected chi connectivity index (χ1v) is 14.4. The van der Waals surface area contributed by atoms with E-state index < -0.39 is 18.4 Å². The molecule has 5 rings (SSSR count). The number of amides is 3. The number of alkyl halides is 3. The number of hydrogen-bond donors (Lipinski definition) is 1. The Hall–Kier alpha value is -4.69. The van der Waals surface area contributed by atoms with Gasteiger partial charge in [0, 0.05) is 12.7 Å². The van der Waals surface area contributed by atoms with Gasteiger partial charge in [-0.05, 0) is 47.9 Å². The van der Waals surface area contributed by atoms with Gasteiger partial charge in [0.05, 0.1) is 29.8 Å². The molecular weight excluding hydrogens is 597 g/mol. The number of carbonyl (C=O) groups excluding carboxylic acids is 2. The van der Waals surface area contributed by atoms with Crippen molar-refractivity contribution in [3.63, 3.8) is 0 Å². The van der Waals surface area contributed by atoms with Gasteiger partial charge < -0.3 is 14.8 Å². The van der Waals surface area contributed by atoms with Crippen LogP contribution in [0.25, 0.3) is 17.1 Å². The molecule has 0 saturated carbocycles. The van der Waals surface area contributed by atoms with Crippen molar-refractivity contribution in [2.24, 2.45) is 4.99 Å². The van der Waals surface area contributed by atoms with Gasteiger partial charge in [-0.25, -0.2) is 14.5 Å². The molecule has 2 heterocycles. The van der Waals surface area contributed by atoms with Crippen molar-refractivity contribution >= 4 is 34.6 Å². The number of aliphatic imine (C=N–C) groups is 1. The van der Waals surface area contributed by atoms with Gasteiger partial charge >= 0.3 is 12.4 Å². The zero-order valence-electron chi connectivity index (χ0n) is 23.6. The zero-order valence-corrected chi connectivity index (χ0v) is 24.4. The van der Waals surface area contributed by atoms with Gasteiger partial charge in [0.15, 0.2) is 11.0 Å². The number of halogens is 3. The maximum Gasteiger partial charge on any atom is 0.573 e. The fraction of sp³-hybridized carbons (Fsp3) is 0.233. The lowest BCUT2D eigenvalue weighted by Gasteiger charge is -2.20. The quantitative estimate of drug-likeness (QED) is 0.246. The van der Waals surface area contributed by atoms with E-state index in [2.05, 4.69) is 25.1 Å². The molecule has 0 bridgehead atoms. The number of nitrogens with one attached hydrogen (secondary N) is 1. The van der Waals surface area contributed by atoms with Gasteiger partial charge in [-0.15, -0.1) is 18.3 Å². The Bertz CT molecular complexity index is 1660. The molecule has 0 spiro atoms. The first kappa shape index (κ1) is 30.8. The van der Waals surface area contributed by atoms with Crippen molar-refractivity contribution in [3.8, 4) is 22.8 Å². The lowest BCUT2D eigenvalue weighted by Crippen LogP contribution is -2.33. The molecule has 44 heavy (non-hydrogen) atoms. The number of para-hydroxylation sites is 1. The number of amidine groups is 1. The number of aryl methyl sites for hydroxylation is 1. The molecule has 1 unspecified atom stereocenters. The van der Waals surface area contributed by atoms with E-state index in [0.29, 0.717) is 27.9 Å². The highest BCUT2D eigenvalue weighted by Crippen LogP contribution is 2.30. The first-order chi connectivity index (χ1) is 21.1. The van der Waals surface area contributed by atoms with Crippen molar-refractivity contribution < 1.29 is 32.2 Å². The monoisotopic (exact) mass is 624 g/mol. The molecule has 0 radical (unpaired) electrons. The topological polar surface area (TPSA) is 111 Å². The van der Waals surface area contributed by atoms with Crippen LogP contribution in [0.5, 0.6) is 5.75 Å². The second kappa shape index (κ2) is 13.3. The first-order valence-electron chi connectivity index (χ1n) is 13.4. The summed E-state index contributed by atoms with van der Waals surface area (Å²) in [5.41, 5.74) is 3.61. The predicted octanol–water partition coefficient (Wildman–Crippen LogP) is 5.93. The molecule has 3 aromatic carbocycles. The summed E-state index contributed by atoms with van der Waals surface area (Å²) in [6.07, 6.45) is -2.60. The molecule has 1 aliphatic heterocycles. The Morgan fingerprint density at radius 1 is 1.09 bits per heavy atom. The molecule has 228 valence electrons. The van der Waals surface area contributed by atoms with Crippen LogP contribution in [-0.4, -0.2) is 57.7 Å². The van der Waals surface area contributed by atoms with Gasteiger partial charge in [0.2, 0.25) is 5.91 Å². The highest BCUT2D eigenvalue weighted by molar-refractivity contribution is 8.15. The van der Waals surface area contributed by atoms with E-state index in [1.807, 2.05) is 31.2 Å². The summed E-state index contributed by atoms with van der Waals surface area (Å²) in [6.45, 7) is 2.17. The second-order valence-electron chi connectivity index (χ2n) is 9.53. The zero-order chi connectivity index (χ0) is 31.3. The summed E-state index contributed by atoms with van der Waals surface area (Å²) < 4.78 is 48.0. The van der Waals surface area contributed by atoms with Gasteiger partial charge in [-0.3, -0.25) is 9.69 Å². The Kier molecular flexibility index (Phi) is 9.30. The number of methoxy groups -OCH3 is 1. The molecule has 1 saturated heterocycles. The Morgan fingerprint density at radius 3 is 2.50 bits per heavy atom. The van der Waals surface area contributed by atoms with Crippen LogP contribution in [0, 0.1) is 0 Å². The van der Waals surface area contributed by atoms with Crippen LogP contribution in [0.3, 0.4) is 0 Å². The Balaban J connectivity index is 1.28. The number of hydrogen-bond acceptors (Lipinski definition) is 7. The van der Waals surface area contributed by atoms with Gasteiger partial charge in [-0.1, -0.05) is 61.2 Å². The number of thioether (sulfide) groups is 1. The molecule has 10 nitrogen and oxygen atoms in total. The van der Waals surface area contributed by atoms with Crippen LogP contribution in [0.4, 0.5) is 23.7 Å². The number of rotatable bonds is 9. The highest BCUT2D eigenvalue weighted by atomic mass is 32.2. The molecule has 14 heteroatoms. The standard InChI is InChI=1S/C30H27F3N6O4S/c1-3-19-6-4-5-7-25(19)39-26(40)17-44-29(39)36-28(41)35-24(16-42-2)20-8-10-21(11-9-20)27-34-18-38(37-27)22-12-14-23(15-13-22)43-30(31,32)33/h4-15,18,24H,3,16-17H2,1-2H3,(H,35,41)/b36-29-. The summed E-state index contributed by atoms with van der Waals surface area (Å²) in [5, 5.41) is 7.59. The molecular formula is C30H27F3N6O4S. The molecule has 0 aliphatic carbocycles. The van der Waals surface area contributed by atoms with E-state index >= 15 is 0 Å². The minimum absolute atomic E-state index is 0.144. The van der Waals surface area contributed by atoms with E-state index in [4.69, 9.17) is 4.74 Å². The van der Waals surface area contributed by atoms with Crippen molar-refractivity contribution in [2.75, 3.05) is 24.4 Å². The number of urea groups is 1. The number of ether oxygens (including phenoxy) is 2. The number of aromatic nitrogens is 3. The molecule has 1 aromatic heterocycles. The summed E-state index contributed by atoms with van der Waals surface area (Å²) in [6, 6.07) is 18.8. The van der Waals surface area contributed by atoms with Crippen LogP contribution in [0.1, 0.15) is 24.1 Å². The average molecular weight is 625 g/mol. The minimum Gasteiger partial charge on any atom is -0.406 e. The largest absolute Gasteiger partial charge is 0.573 e. The van der Waals surface area contributed by atoms with Crippen molar-refractivity contribution in [1.29, 1.82) is 0 Å². The summed E-state index contributed by atoms with van der Waals surface area (Å²) >= 11 is 1.21. The summed E-state index contributed by atoms with van der Waals surface area (Å²) in [5.74, 6) is 0.0986. The van der Waals surface area contributed by atoms with Crippen LogP contribution in [0.15, 0.2) is 84.1 Å². The number of anilines is 1. The fourth-order valence-corrected chi connectivity index (χ4v) is 5.41. The number of carbonyl (C=O) groups is 2. The van der Waals surface area contributed by atoms with E-state index in [1.54, 1.807) is 24.3 Å². The SMILES string of the molecule is CCc1ccccc1N1C(=O)CS/C1=N\C(=O)NC(COC)c1ccc(-c2ncn(-c3ccc(OC(F)(F)F)cc3)n2)cc1. The average Bonchev–Trinajstić information content (AvgIpc) is 3.63. The number of benzene rings is 3. The summed E-state index contributed by atoms with van der Waals surface area (Å²) in [7, 11) is 1.52. The smallest absolute Gasteiger partial charge is 0.406 e. The molecule has 1 aliphatic rings. The predicted molar refractivity (Wildman–Crippen MR) is 160 cm³/mol. The van der Waals surface area contributed by atoms with Gasteiger partial charge in [0.25, 0.3) is 0 Å².